The maximum atomic E-state index is 12.4. The zero-order valence-corrected chi connectivity index (χ0v) is 14.2. The van der Waals surface area contributed by atoms with Gasteiger partial charge in [-0.2, -0.15) is 0 Å². The highest BCUT2D eigenvalue weighted by Gasteiger charge is 2.13. The van der Waals surface area contributed by atoms with Crippen LogP contribution < -0.4 is 5.32 Å². The first-order valence-corrected chi connectivity index (χ1v) is 9.21. The topological polar surface area (TPSA) is 61.0 Å². The molecule has 1 aliphatic rings. The van der Waals surface area contributed by atoms with Gasteiger partial charge in [-0.25, -0.2) is 4.98 Å². The zero-order valence-electron chi connectivity index (χ0n) is 13.4. The van der Waals surface area contributed by atoms with Crippen molar-refractivity contribution in [3.63, 3.8) is 0 Å². The SMILES string of the molecule is O=C(Nc1cccc(CCN2CCCC2)c1)c1cc2scnc2[nH]1. The molecule has 2 N–H and O–H groups in total. The largest absolute Gasteiger partial charge is 0.334 e. The van der Waals surface area contributed by atoms with Crippen LogP contribution in [0, 0.1) is 0 Å². The van der Waals surface area contributed by atoms with Gasteiger partial charge in [0.15, 0.2) is 0 Å². The van der Waals surface area contributed by atoms with Crippen LogP contribution in [0.4, 0.5) is 5.69 Å². The number of nitrogens with one attached hydrogen (secondary N) is 2. The summed E-state index contributed by atoms with van der Waals surface area (Å²) in [7, 11) is 0. The van der Waals surface area contributed by atoms with Crippen LogP contribution in [0.15, 0.2) is 35.8 Å². The summed E-state index contributed by atoms with van der Waals surface area (Å²) in [6.45, 7) is 3.53. The Bertz CT molecular complexity index is 819. The van der Waals surface area contributed by atoms with Crippen molar-refractivity contribution in [3.8, 4) is 0 Å². The highest BCUT2D eigenvalue weighted by atomic mass is 32.1. The van der Waals surface area contributed by atoms with E-state index < -0.39 is 0 Å². The highest BCUT2D eigenvalue weighted by molar-refractivity contribution is 7.16. The maximum Gasteiger partial charge on any atom is 0.272 e. The van der Waals surface area contributed by atoms with E-state index >= 15 is 0 Å². The fourth-order valence-electron chi connectivity index (χ4n) is 3.17. The van der Waals surface area contributed by atoms with Crippen LogP contribution >= 0.6 is 11.3 Å². The monoisotopic (exact) mass is 340 g/mol. The van der Waals surface area contributed by atoms with Gasteiger partial charge in [0.05, 0.1) is 10.2 Å². The van der Waals surface area contributed by atoms with Gasteiger partial charge < -0.3 is 15.2 Å². The summed E-state index contributed by atoms with van der Waals surface area (Å²) >= 11 is 1.53. The van der Waals surface area contributed by atoms with E-state index in [4.69, 9.17) is 0 Å². The molecule has 0 atom stereocenters. The highest BCUT2D eigenvalue weighted by Crippen LogP contribution is 2.20. The Morgan fingerprint density at radius 1 is 1.29 bits per heavy atom. The van der Waals surface area contributed by atoms with Crippen molar-refractivity contribution in [1.29, 1.82) is 0 Å². The van der Waals surface area contributed by atoms with E-state index in [2.05, 4.69) is 32.3 Å². The molecule has 6 heteroatoms. The van der Waals surface area contributed by atoms with Crippen molar-refractivity contribution in [3.05, 3.63) is 47.1 Å². The number of carbonyl (C=O) groups is 1. The molecule has 2 aromatic heterocycles. The van der Waals surface area contributed by atoms with Crippen LogP contribution in [0.1, 0.15) is 28.9 Å². The average Bonchev–Trinajstić information content (AvgIpc) is 3.30. The smallest absolute Gasteiger partial charge is 0.272 e. The quantitative estimate of drug-likeness (QED) is 0.747. The van der Waals surface area contributed by atoms with E-state index in [1.807, 2.05) is 18.2 Å². The number of fused-ring (bicyclic) bond motifs is 1. The first kappa shape index (κ1) is 15.4. The van der Waals surface area contributed by atoms with Crippen LogP contribution in [0.25, 0.3) is 10.3 Å². The number of aromatic nitrogens is 2. The fraction of sp³-hybridized carbons (Fsp3) is 0.333. The maximum absolute atomic E-state index is 12.4. The van der Waals surface area contributed by atoms with Gasteiger partial charge >= 0.3 is 0 Å². The van der Waals surface area contributed by atoms with E-state index in [0.717, 1.165) is 29.0 Å². The summed E-state index contributed by atoms with van der Waals surface area (Å²) in [5.41, 5.74) is 5.18. The number of benzene rings is 1. The van der Waals surface area contributed by atoms with Crippen LogP contribution in [-0.4, -0.2) is 40.4 Å². The molecule has 5 nitrogen and oxygen atoms in total. The molecule has 1 aliphatic heterocycles. The lowest BCUT2D eigenvalue weighted by molar-refractivity contribution is 0.102. The number of amides is 1. The minimum atomic E-state index is -0.128. The van der Waals surface area contributed by atoms with E-state index in [1.54, 1.807) is 5.51 Å². The molecule has 4 rings (SSSR count). The molecule has 3 aromatic rings. The molecule has 0 radical (unpaired) electrons. The molecule has 1 saturated heterocycles. The van der Waals surface area contributed by atoms with Crippen LogP contribution in [0.5, 0.6) is 0 Å². The van der Waals surface area contributed by atoms with E-state index in [9.17, 15) is 4.79 Å². The van der Waals surface area contributed by atoms with Crippen molar-refractivity contribution >= 4 is 33.3 Å². The molecule has 0 unspecified atom stereocenters. The standard InChI is InChI=1S/C18H20N4OS/c23-18(15-11-16-17(21-15)19-12-24-16)20-14-5-3-4-13(10-14)6-9-22-7-1-2-8-22/h3-5,10-12,21H,1-2,6-9H2,(H,20,23). The Kier molecular flexibility index (Phi) is 4.32. The number of nitrogens with zero attached hydrogens (tertiary/aromatic N) is 2. The molecule has 0 saturated carbocycles. The van der Waals surface area contributed by atoms with Crippen LogP contribution in [0.3, 0.4) is 0 Å². The van der Waals surface area contributed by atoms with Crippen molar-refractivity contribution in [1.82, 2.24) is 14.9 Å². The summed E-state index contributed by atoms with van der Waals surface area (Å²) < 4.78 is 1.000. The van der Waals surface area contributed by atoms with Gasteiger partial charge in [0.1, 0.15) is 11.3 Å². The second-order valence-corrected chi connectivity index (χ2v) is 7.09. The molecular weight excluding hydrogens is 320 g/mol. The number of H-pyrrole nitrogens is 1. The van der Waals surface area contributed by atoms with Gasteiger partial charge in [-0.1, -0.05) is 12.1 Å². The summed E-state index contributed by atoms with van der Waals surface area (Å²) in [6, 6.07) is 9.97. The Balaban J connectivity index is 1.41. The molecule has 0 bridgehead atoms. The van der Waals surface area contributed by atoms with E-state index in [1.165, 1.54) is 42.8 Å². The predicted octanol–water partition coefficient (Wildman–Crippen LogP) is 3.52. The molecule has 0 spiro atoms. The lowest BCUT2D eigenvalue weighted by Crippen LogP contribution is -2.22. The number of hydrogen-bond acceptors (Lipinski definition) is 4. The third kappa shape index (κ3) is 3.34. The van der Waals surface area contributed by atoms with Crippen LogP contribution in [-0.2, 0) is 6.42 Å². The van der Waals surface area contributed by atoms with Gasteiger partial charge in [-0.05, 0) is 56.1 Å². The van der Waals surface area contributed by atoms with Gasteiger partial charge in [-0.15, -0.1) is 11.3 Å². The minimum absolute atomic E-state index is 0.128. The van der Waals surface area contributed by atoms with E-state index in [0.29, 0.717) is 5.69 Å². The Morgan fingerprint density at radius 2 is 2.17 bits per heavy atom. The molecular formula is C18H20N4OS. The van der Waals surface area contributed by atoms with Crippen molar-refractivity contribution in [2.45, 2.75) is 19.3 Å². The van der Waals surface area contributed by atoms with Gasteiger partial charge in [0, 0.05) is 12.2 Å². The molecule has 1 amide bonds. The van der Waals surface area contributed by atoms with Crippen molar-refractivity contribution < 1.29 is 4.79 Å². The number of likely N-dealkylation sites (tertiary alicyclic amines) is 1. The summed E-state index contributed by atoms with van der Waals surface area (Å²) in [5.74, 6) is -0.128. The molecule has 0 aliphatic carbocycles. The summed E-state index contributed by atoms with van der Waals surface area (Å²) in [5, 5.41) is 2.97. The molecule has 124 valence electrons. The van der Waals surface area contributed by atoms with Crippen LogP contribution in [0.2, 0.25) is 0 Å². The zero-order chi connectivity index (χ0) is 16.4. The number of rotatable bonds is 5. The van der Waals surface area contributed by atoms with Gasteiger partial charge in [0.2, 0.25) is 0 Å². The van der Waals surface area contributed by atoms with Crippen molar-refractivity contribution in [2.24, 2.45) is 0 Å². The number of carbonyl (C=O) groups excluding carboxylic acids is 1. The molecule has 3 heterocycles. The first-order chi connectivity index (χ1) is 11.8. The lowest BCUT2D eigenvalue weighted by atomic mass is 10.1. The number of thiazole rings is 1. The average molecular weight is 340 g/mol. The Morgan fingerprint density at radius 3 is 3.00 bits per heavy atom. The third-order valence-corrected chi connectivity index (χ3v) is 5.24. The summed E-state index contributed by atoms with van der Waals surface area (Å²) in [4.78, 5) is 22.1. The molecule has 1 aromatic carbocycles. The van der Waals surface area contributed by atoms with Gasteiger partial charge in [-0.3, -0.25) is 4.79 Å². The number of anilines is 1. The second-order valence-electron chi connectivity index (χ2n) is 6.20. The molecule has 24 heavy (non-hydrogen) atoms. The normalized spacial score (nSPS) is 15.2. The van der Waals surface area contributed by atoms with Gasteiger partial charge in [0.25, 0.3) is 5.91 Å². The summed E-state index contributed by atoms with van der Waals surface area (Å²) in [6.07, 6.45) is 3.66. The lowest BCUT2D eigenvalue weighted by Gasteiger charge is -2.14. The number of aromatic amines is 1. The predicted molar refractivity (Wildman–Crippen MR) is 97.7 cm³/mol. The minimum Gasteiger partial charge on any atom is -0.334 e. The van der Waals surface area contributed by atoms with Crippen molar-refractivity contribution in [2.75, 3.05) is 25.0 Å². The third-order valence-electron chi connectivity index (χ3n) is 4.47. The molecule has 1 fully saturated rings. The second kappa shape index (κ2) is 6.75. The Hall–Kier alpha value is -2.18. The number of hydrogen-bond donors (Lipinski definition) is 2. The Labute approximate surface area is 144 Å². The van der Waals surface area contributed by atoms with E-state index in [-0.39, 0.29) is 5.91 Å². The fourth-order valence-corrected chi connectivity index (χ4v) is 3.84. The first-order valence-electron chi connectivity index (χ1n) is 8.33.